The Morgan fingerprint density at radius 3 is 2.68 bits per heavy atom. The Labute approximate surface area is 120 Å². The lowest BCUT2D eigenvalue weighted by atomic mass is 10.1. The lowest BCUT2D eigenvalue weighted by Gasteiger charge is -2.10. The van der Waals surface area contributed by atoms with Crippen molar-refractivity contribution in [2.75, 3.05) is 5.32 Å². The second kappa shape index (κ2) is 5.02. The summed E-state index contributed by atoms with van der Waals surface area (Å²) in [7, 11) is 0. The number of hydrogen-bond acceptors (Lipinski definition) is 2. The molecular weight excluding hydrogens is 300 g/mol. The number of halogens is 1. The van der Waals surface area contributed by atoms with Crippen LogP contribution >= 0.6 is 15.9 Å². The van der Waals surface area contributed by atoms with Crippen LogP contribution in [0.3, 0.4) is 0 Å². The maximum Gasteiger partial charge on any atom is 0.144 e. The van der Waals surface area contributed by atoms with Gasteiger partial charge in [0.1, 0.15) is 5.82 Å². The molecule has 0 unspecified atom stereocenters. The van der Waals surface area contributed by atoms with E-state index in [1.54, 1.807) is 0 Å². The molecule has 2 nitrogen and oxygen atoms in total. The minimum atomic E-state index is 0.835. The maximum absolute atomic E-state index is 4.42. The third-order valence-electron chi connectivity index (χ3n) is 3.02. The average Bonchev–Trinajstić information content (AvgIpc) is 2.42. The molecule has 3 aromatic rings. The van der Waals surface area contributed by atoms with E-state index in [1.807, 2.05) is 31.3 Å². The number of nitrogens with zero attached hydrogens (tertiary/aromatic N) is 1. The third kappa shape index (κ3) is 2.47. The number of aryl methyl sites for hydroxylation is 1. The molecule has 0 atom stereocenters. The summed E-state index contributed by atoms with van der Waals surface area (Å²) in [6.45, 7) is 2.03. The van der Waals surface area contributed by atoms with Crippen molar-refractivity contribution >= 4 is 38.2 Å². The molecule has 1 heterocycles. The van der Waals surface area contributed by atoms with Gasteiger partial charge in [0, 0.05) is 17.3 Å². The first-order valence-electron chi connectivity index (χ1n) is 6.11. The summed E-state index contributed by atoms with van der Waals surface area (Å²) in [6, 6.07) is 16.6. The standard InChI is InChI=1S/C16H13BrN2/c1-11-9-14(17)16(18-10-11)19-15-8-4-6-12-5-2-3-7-13(12)15/h2-10H,1H3,(H,18,19). The molecule has 0 saturated heterocycles. The molecule has 3 heteroatoms. The molecule has 0 aliphatic rings. The zero-order chi connectivity index (χ0) is 13.2. The highest BCUT2D eigenvalue weighted by molar-refractivity contribution is 9.10. The van der Waals surface area contributed by atoms with Crippen molar-refractivity contribution in [3.05, 3.63) is 64.8 Å². The quantitative estimate of drug-likeness (QED) is 0.716. The summed E-state index contributed by atoms with van der Waals surface area (Å²) in [5.74, 6) is 0.835. The van der Waals surface area contributed by atoms with Crippen LogP contribution < -0.4 is 5.32 Å². The van der Waals surface area contributed by atoms with E-state index >= 15 is 0 Å². The van der Waals surface area contributed by atoms with Crippen molar-refractivity contribution in [2.45, 2.75) is 6.92 Å². The Hall–Kier alpha value is -1.87. The summed E-state index contributed by atoms with van der Waals surface area (Å²) >= 11 is 3.54. The van der Waals surface area contributed by atoms with Gasteiger partial charge in [0.15, 0.2) is 0 Å². The molecule has 19 heavy (non-hydrogen) atoms. The van der Waals surface area contributed by atoms with Crippen LogP contribution in [0.4, 0.5) is 11.5 Å². The van der Waals surface area contributed by atoms with Crippen LogP contribution in [0, 0.1) is 6.92 Å². The van der Waals surface area contributed by atoms with Gasteiger partial charge in [0.05, 0.1) is 4.47 Å². The van der Waals surface area contributed by atoms with Crippen LogP contribution in [-0.2, 0) is 0 Å². The van der Waals surface area contributed by atoms with Gasteiger partial charge < -0.3 is 5.32 Å². The fourth-order valence-corrected chi connectivity index (χ4v) is 2.65. The summed E-state index contributed by atoms with van der Waals surface area (Å²) in [6.07, 6.45) is 1.86. The Morgan fingerprint density at radius 1 is 1.05 bits per heavy atom. The van der Waals surface area contributed by atoms with E-state index in [9.17, 15) is 0 Å². The fourth-order valence-electron chi connectivity index (χ4n) is 2.09. The number of nitrogens with one attached hydrogen (secondary N) is 1. The van der Waals surface area contributed by atoms with Crippen molar-refractivity contribution in [3.63, 3.8) is 0 Å². The van der Waals surface area contributed by atoms with Crippen molar-refractivity contribution < 1.29 is 0 Å². The van der Waals surface area contributed by atoms with Gasteiger partial charge in [-0.2, -0.15) is 0 Å². The highest BCUT2D eigenvalue weighted by Crippen LogP contribution is 2.29. The van der Waals surface area contributed by atoms with E-state index in [-0.39, 0.29) is 0 Å². The van der Waals surface area contributed by atoms with E-state index in [0.717, 1.165) is 21.5 Å². The monoisotopic (exact) mass is 312 g/mol. The highest BCUT2D eigenvalue weighted by Gasteiger charge is 2.05. The molecule has 1 aromatic heterocycles. The fraction of sp³-hybridized carbons (Fsp3) is 0.0625. The Morgan fingerprint density at radius 2 is 1.84 bits per heavy atom. The molecule has 0 saturated carbocycles. The molecule has 0 amide bonds. The van der Waals surface area contributed by atoms with E-state index in [4.69, 9.17) is 0 Å². The topological polar surface area (TPSA) is 24.9 Å². The van der Waals surface area contributed by atoms with Crippen molar-refractivity contribution in [3.8, 4) is 0 Å². The normalized spacial score (nSPS) is 10.6. The molecule has 1 N–H and O–H groups in total. The maximum atomic E-state index is 4.42. The van der Waals surface area contributed by atoms with E-state index in [2.05, 4.69) is 56.6 Å². The molecule has 0 aliphatic carbocycles. The number of anilines is 2. The van der Waals surface area contributed by atoms with E-state index in [1.165, 1.54) is 10.8 Å². The van der Waals surface area contributed by atoms with Crippen LogP contribution in [0.15, 0.2) is 59.2 Å². The zero-order valence-corrected chi connectivity index (χ0v) is 12.1. The SMILES string of the molecule is Cc1cnc(Nc2cccc3ccccc23)c(Br)c1. The largest absolute Gasteiger partial charge is 0.339 e. The first-order chi connectivity index (χ1) is 9.24. The predicted molar refractivity (Wildman–Crippen MR) is 83.9 cm³/mol. The van der Waals surface area contributed by atoms with Gasteiger partial charge in [-0.1, -0.05) is 36.4 Å². The van der Waals surface area contributed by atoms with E-state index in [0.29, 0.717) is 0 Å². The van der Waals surface area contributed by atoms with Gasteiger partial charge >= 0.3 is 0 Å². The summed E-state index contributed by atoms with van der Waals surface area (Å²) in [5, 5.41) is 5.80. The molecule has 0 radical (unpaired) electrons. The van der Waals surface area contributed by atoms with Gasteiger partial charge in [0.2, 0.25) is 0 Å². The molecule has 0 bridgehead atoms. The molecule has 0 spiro atoms. The van der Waals surface area contributed by atoms with Crippen LogP contribution in [0.25, 0.3) is 10.8 Å². The lowest BCUT2D eigenvalue weighted by molar-refractivity contribution is 1.24. The predicted octanol–water partition coefficient (Wildman–Crippen LogP) is 5.05. The zero-order valence-electron chi connectivity index (χ0n) is 10.5. The van der Waals surface area contributed by atoms with Gasteiger partial charge in [-0.3, -0.25) is 0 Å². The molecule has 94 valence electrons. The first-order valence-corrected chi connectivity index (χ1v) is 6.90. The average molecular weight is 313 g/mol. The summed E-state index contributed by atoms with van der Waals surface area (Å²) in [5.41, 5.74) is 2.20. The van der Waals surface area contributed by atoms with Crippen molar-refractivity contribution in [1.82, 2.24) is 4.98 Å². The number of benzene rings is 2. The minimum absolute atomic E-state index is 0.835. The smallest absolute Gasteiger partial charge is 0.144 e. The molecule has 0 fully saturated rings. The van der Waals surface area contributed by atoms with Gasteiger partial charge in [-0.15, -0.1) is 0 Å². The van der Waals surface area contributed by atoms with E-state index < -0.39 is 0 Å². The first kappa shape index (κ1) is 12.2. The summed E-state index contributed by atoms with van der Waals surface area (Å²) < 4.78 is 0.973. The van der Waals surface area contributed by atoms with Gasteiger partial charge in [-0.05, 0) is 45.9 Å². The Balaban J connectivity index is 2.06. The molecule has 2 aromatic carbocycles. The number of fused-ring (bicyclic) bond motifs is 1. The minimum Gasteiger partial charge on any atom is -0.339 e. The molecule has 3 rings (SSSR count). The van der Waals surface area contributed by atoms with Crippen molar-refractivity contribution in [1.29, 1.82) is 0 Å². The Kier molecular flexibility index (Phi) is 3.22. The second-order valence-electron chi connectivity index (χ2n) is 4.49. The van der Waals surface area contributed by atoms with Crippen molar-refractivity contribution in [2.24, 2.45) is 0 Å². The third-order valence-corrected chi connectivity index (χ3v) is 3.63. The van der Waals surface area contributed by atoms with Gasteiger partial charge in [-0.25, -0.2) is 4.98 Å². The summed E-state index contributed by atoms with van der Waals surface area (Å²) in [4.78, 5) is 4.42. The highest BCUT2D eigenvalue weighted by atomic mass is 79.9. The number of hydrogen-bond donors (Lipinski definition) is 1. The Bertz CT molecular complexity index is 732. The van der Waals surface area contributed by atoms with Crippen LogP contribution in [-0.4, -0.2) is 4.98 Å². The number of rotatable bonds is 2. The second-order valence-corrected chi connectivity index (χ2v) is 5.35. The van der Waals surface area contributed by atoms with Gasteiger partial charge in [0.25, 0.3) is 0 Å². The number of aromatic nitrogens is 1. The lowest BCUT2D eigenvalue weighted by Crippen LogP contribution is -1.95. The van der Waals surface area contributed by atoms with Crippen LogP contribution in [0.1, 0.15) is 5.56 Å². The van der Waals surface area contributed by atoms with Crippen LogP contribution in [0.2, 0.25) is 0 Å². The van der Waals surface area contributed by atoms with Crippen LogP contribution in [0.5, 0.6) is 0 Å². The number of pyridine rings is 1. The molecular formula is C16H13BrN2. The molecule has 0 aliphatic heterocycles.